The molecule has 1 atom stereocenters. The van der Waals surface area contributed by atoms with Crippen molar-refractivity contribution < 1.29 is 0 Å². The van der Waals surface area contributed by atoms with Crippen molar-refractivity contribution in [3.8, 4) is 0 Å². The van der Waals surface area contributed by atoms with E-state index < -0.39 is 0 Å². The highest BCUT2D eigenvalue weighted by Crippen LogP contribution is 2.06. The number of pyridine rings is 1. The molecule has 0 fully saturated rings. The molecule has 96 valence electrons. The standard InChI is InChI=1S/C14H25N3/c1-12(9-16-14(2,3)4)17(5)11-13-7-6-8-15-10-13/h6-8,10,12,16H,9,11H2,1-5H3. The second-order valence-corrected chi connectivity index (χ2v) is 5.76. The first-order chi connectivity index (χ1) is 7.88. The molecule has 3 nitrogen and oxygen atoms in total. The molecule has 0 amide bonds. The van der Waals surface area contributed by atoms with Crippen LogP contribution in [0.5, 0.6) is 0 Å². The van der Waals surface area contributed by atoms with Gasteiger partial charge >= 0.3 is 0 Å². The van der Waals surface area contributed by atoms with Crippen molar-refractivity contribution in [1.82, 2.24) is 15.2 Å². The Bertz CT molecular complexity index is 316. The average Bonchev–Trinajstić information content (AvgIpc) is 2.26. The van der Waals surface area contributed by atoms with Gasteiger partial charge in [-0.05, 0) is 46.4 Å². The number of rotatable bonds is 5. The molecule has 0 spiro atoms. The summed E-state index contributed by atoms with van der Waals surface area (Å²) in [5.74, 6) is 0. The second-order valence-electron chi connectivity index (χ2n) is 5.76. The number of hydrogen-bond acceptors (Lipinski definition) is 3. The Morgan fingerprint density at radius 2 is 2.12 bits per heavy atom. The quantitative estimate of drug-likeness (QED) is 0.848. The van der Waals surface area contributed by atoms with Gasteiger partial charge in [0.1, 0.15) is 0 Å². The molecule has 1 aromatic heterocycles. The first-order valence-corrected chi connectivity index (χ1v) is 6.22. The van der Waals surface area contributed by atoms with Gasteiger partial charge in [0.15, 0.2) is 0 Å². The zero-order chi connectivity index (χ0) is 12.9. The normalized spacial score (nSPS) is 14.0. The van der Waals surface area contributed by atoms with E-state index in [1.54, 1.807) is 0 Å². The van der Waals surface area contributed by atoms with Crippen molar-refractivity contribution in [3.63, 3.8) is 0 Å². The lowest BCUT2D eigenvalue weighted by Gasteiger charge is -2.29. The molecule has 1 aromatic rings. The third-order valence-electron chi connectivity index (χ3n) is 2.84. The molecule has 1 unspecified atom stereocenters. The first kappa shape index (κ1) is 14.1. The summed E-state index contributed by atoms with van der Waals surface area (Å²) in [6, 6.07) is 4.61. The monoisotopic (exact) mass is 235 g/mol. The van der Waals surface area contributed by atoms with Crippen LogP contribution in [0.2, 0.25) is 0 Å². The second kappa shape index (κ2) is 6.12. The fraction of sp³-hybridized carbons (Fsp3) is 0.643. The smallest absolute Gasteiger partial charge is 0.0312 e. The van der Waals surface area contributed by atoms with E-state index in [0.717, 1.165) is 13.1 Å². The maximum atomic E-state index is 4.14. The summed E-state index contributed by atoms with van der Waals surface area (Å²) in [7, 11) is 2.15. The van der Waals surface area contributed by atoms with Crippen LogP contribution in [0.25, 0.3) is 0 Å². The van der Waals surface area contributed by atoms with Gasteiger partial charge in [0, 0.05) is 37.1 Å². The zero-order valence-corrected chi connectivity index (χ0v) is 11.7. The minimum atomic E-state index is 0.184. The highest BCUT2D eigenvalue weighted by Gasteiger charge is 2.14. The van der Waals surface area contributed by atoms with Gasteiger partial charge in [-0.15, -0.1) is 0 Å². The molecule has 0 aliphatic carbocycles. The van der Waals surface area contributed by atoms with Crippen LogP contribution in [0.15, 0.2) is 24.5 Å². The summed E-state index contributed by atoms with van der Waals surface area (Å²) >= 11 is 0. The summed E-state index contributed by atoms with van der Waals surface area (Å²) in [5.41, 5.74) is 1.45. The molecule has 1 rings (SSSR count). The van der Waals surface area contributed by atoms with Crippen molar-refractivity contribution >= 4 is 0 Å². The third-order valence-corrected chi connectivity index (χ3v) is 2.84. The van der Waals surface area contributed by atoms with Gasteiger partial charge in [-0.2, -0.15) is 0 Å². The molecule has 0 bridgehead atoms. The Hall–Kier alpha value is -0.930. The van der Waals surface area contributed by atoms with Crippen molar-refractivity contribution in [3.05, 3.63) is 30.1 Å². The summed E-state index contributed by atoms with van der Waals surface area (Å²) in [6.45, 7) is 10.8. The van der Waals surface area contributed by atoms with Crippen LogP contribution >= 0.6 is 0 Å². The van der Waals surface area contributed by atoms with Gasteiger partial charge in [0.05, 0.1) is 0 Å². The van der Waals surface area contributed by atoms with Crippen molar-refractivity contribution in [2.75, 3.05) is 13.6 Å². The van der Waals surface area contributed by atoms with E-state index in [1.807, 2.05) is 18.5 Å². The summed E-state index contributed by atoms with van der Waals surface area (Å²) < 4.78 is 0. The van der Waals surface area contributed by atoms with Crippen molar-refractivity contribution in [2.45, 2.75) is 45.8 Å². The number of aromatic nitrogens is 1. The van der Waals surface area contributed by atoms with Crippen LogP contribution < -0.4 is 5.32 Å². The van der Waals surface area contributed by atoms with Crippen LogP contribution in [0, 0.1) is 0 Å². The third kappa shape index (κ3) is 5.80. The fourth-order valence-electron chi connectivity index (χ4n) is 1.55. The topological polar surface area (TPSA) is 28.2 Å². The predicted octanol–water partition coefficient (Wildman–Crippen LogP) is 2.29. The number of nitrogens with zero attached hydrogens (tertiary/aromatic N) is 2. The maximum absolute atomic E-state index is 4.14. The summed E-state index contributed by atoms with van der Waals surface area (Å²) in [5, 5.41) is 3.53. The van der Waals surface area contributed by atoms with Crippen molar-refractivity contribution in [1.29, 1.82) is 0 Å². The molecular formula is C14H25N3. The molecule has 3 heteroatoms. The van der Waals surface area contributed by atoms with Crippen molar-refractivity contribution in [2.24, 2.45) is 0 Å². The molecule has 0 aliphatic rings. The average molecular weight is 235 g/mol. The molecule has 0 aliphatic heterocycles. The SMILES string of the molecule is CC(CNC(C)(C)C)N(C)Cc1cccnc1. The van der Waals surface area contributed by atoms with Crippen LogP contribution in [0.3, 0.4) is 0 Å². The molecule has 0 aromatic carbocycles. The van der Waals surface area contributed by atoms with Gasteiger partial charge < -0.3 is 5.32 Å². The van der Waals surface area contributed by atoms with Crippen LogP contribution in [-0.2, 0) is 6.54 Å². The van der Waals surface area contributed by atoms with Gasteiger partial charge in [-0.25, -0.2) is 0 Å². The van der Waals surface area contributed by atoms with E-state index in [-0.39, 0.29) is 5.54 Å². The zero-order valence-electron chi connectivity index (χ0n) is 11.7. The molecule has 0 saturated carbocycles. The minimum Gasteiger partial charge on any atom is -0.311 e. The molecule has 17 heavy (non-hydrogen) atoms. The fourth-order valence-corrected chi connectivity index (χ4v) is 1.55. The lowest BCUT2D eigenvalue weighted by Crippen LogP contribution is -2.44. The molecular weight excluding hydrogens is 210 g/mol. The van der Waals surface area contributed by atoms with Crippen LogP contribution in [0.1, 0.15) is 33.3 Å². The predicted molar refractivity (Wildman–Crippen MR) is 72.9 cm³/mol. The Balaban J connectivity index is 2.40. The van der Waals surface area contributed by atoms with E-state index in [2.05, 4.69) is 56.0 Å². The maximum Gasteiger partial charge on any atom is 0.0312 e. The van der Waals surface area contributed by atoms with Gasteiger partial charge in [0.25, 0.3) is 0 Å². The Morgan fingerprint density at radius 1 is 1.41 bits per heavy atom. The van der Waals surface area contributed by atoms with Gasteiger partial charge in [-0.3, -0.25) is 9.88 Å². The van der Waals surface area contributed by atoms with E-state index in [0.29, 0.717) is 6.04 Å². The van der Waals surface area contributed by atoms with E-state index in [1.165, 1.54) is 5.56 Å². The van der Waals surface area contributed by atoms with Crippen LogP contribution in [-0.4, -0.2) is 35.1 Å². The lowest BCUT2D eigenvalue weighted by atomic mass is 10.1. The van der Waals surface area contributed by atoms with E-state index >= 15 is 0 Å². The number of likely N-dealkylation sites (N-methyl/N-ethyl adjacent to an activating group) is 1. The van der Waals surface area contributed by atoms with E-state index in [9.17, 15) is 0 Å². The summed E-state index contributed by atoms with van der Waals surface area (Å²) in [6.07, 6.45) is 3.74. The highest BCUT2D eigenvalue weighted by atomic mass is 15.1. The molecule has 1 N–H and O–H groups in total. The lowest BCUT2D eigenvalue weighted by molar-refractivity contribution is 0.228. The van der Waals surface area contributed by atoms with E-state index in [4.69, 9.17) is 0 Å². The minimum absolute atomic E-state index is 0.184. The molecule has 0 radical (unpaired) electrons. The Morgan fingerprint density at radius 3 is 2.65 bits per heavy atom. The highest BCUT2D eigenvalue weighted by molar-refractivity contribution is 5.08. The Labute approximate surface area is 105 Å². The molecule has 1 heterocycles. The number of hydrogen-bond donors (Lipinski definition) is 1. The van der Waals surface area contributed by atoms with Gasteiger partial charge in [-0.1, -0.05) is 6.07 Å². The van der Waals surface area contributed by atoms with Crippen LogP contribution in [0.4, 0.5) is 0 Å². The molecule has 0 saturated heterocycles. The van der Waals surface area contributed by atoms with Gasteiger partial charge in [0.2, 0.25) is 0 Å². The largest absolute Gasteiger partial charge is 0.311 e. The Kier molecular flexibility index (Phi) is 5.09. The first-order valence-electron chi connectivity index (χ1n) is 6.22. The number of nitrogens with one attached hydrogen (secondary N) is 1. The summed E-state index contributed by atoms with van der Waals surface area (Å²) in [4.78, 5) is 6.48.